The molecule has 6 nitrogen and oxygen atoms in total. The van der Waals surface area contributed by atoms with E-state index in [1.165, 1.54) is 11.8 Å². The fraction of sp³-hybridized carbons (Fsp3) is 0.150. The number of aryl methyl sites for hydroxylation is 1. The highest BCUT2D eigenvalue weighted by Gasteiger charge is 2.15. The van der Waals surface area contributed by atoms with Crippen molar-refractivity contribution in [2.75, 3.05) is 17.7 Å². The Kier molecular flexibility index (Phi) is 5.93. The zero-order chi connectivity index (χ0) is 19.2. The molecule has 0 aliphatic carbocycles. The fourth-order valence-corrected chi connectivity index (χ4v) is 3.67. The van der Waals surface area contributed by atoms with E-state index >= 15 is 0 Å². The summed E-state index contributed by atoms with van der Waals surface area (Å²) in [5.41, 5.74) is 7.47. The van der Waals surface area contributed by atoms with Crippen LogP contribution in [0.2, 0.25) is 0 Å². The van der Waals surface area contributed by atoms with Crippen molar-refractivity contribution in [1.82, 2.24) is 9.97 Å². The monoisotopic (exact) mass is 380 g/mol. The molecular weight excluding hydrogens is 360 g/mol. The first-order valence-corrected chi connectivity index (χ1v) is 9.14. The number of carbonyl (C=O) groups is 1. The number of aromatic nitrogens is 2. The maximum absolute atomic E-state index is 11.8. The Labute approximate surface area is 162 Å². The lowest BCUT2D eigenvalue weighted by Crippen LogP contribution is -2.22. The molecule has 1 heterocycles. The van der Waals surface area contributed by atoms with Gasteiger partial charge in [-0.15, -0.1) is 0 Å². The summed E-state index contributed by atoms with van der Waals surface area (Å²) in [7, 11) is 1.64. The number of nitrogens with zero attached hydrogens (tertiary/aromatic N) is 3. The Hall–Kier alpha value is -3.06. The van der Waals surface area contributed by atoms with E-state index in [-0.39, 0.29) is 0 Å². The number of hydrogen-bond donors (Lipinski definition) is 1. The lowest BCUT2D eigenvalue weighted by molar-refractivity contribution is -0.107. The van der Waals surface area contributed by atoms with Gasteiger partial charge in [-0.1, -0.05) is 36.0 Å². The number of methoxy groups -OCH3 is 1. The van der Waals surface area contributed by atoms with Crippen LogP contribution >= 0.6 is 11.8 Å². The molecule has 0 bridgehead atoms. The number of ether oxygens (including phenoxy) is 1. The summed E-state index contributed by atoms with van der Waals surface area (Å²) in [5, 5.41) is 0. The summed E-state index contributed by atoms with van der Waals surface area (Å²) in [4.78, 5) is 23.7. The number of amides is 1. The van der Waals surface area contributed by atoms with Gasteiger partial charge in [0.1, 0.15) is 17.4 Å². The third-order valence-corrected chi connectivity index (χ3v) is 5.07. The minimum absolute atomic E-state index is 0.291. The maximum atomic E-state index is 11.8. The number of carbonyl (C=O) groups excluding carboxylic acids is 1. The topological polar surface area (TPSA) is 81.3 Å². The van der Waals surface area contributed by atoms with Crippen molar-refractivity contribution < 1.29 is 9.53 Å². The van der Waals surface area contributed by atoms with Crippen LogP contribution in [0.3, 0.4) is 0 Å². The standard InChI is InChI=1S/C20H20N4O2S/c1-14-22-11-15(20(21)23-14)12-24(13-25)16-7-3-5-9-18(16)27-19-10-6-4-8-17(19)26-2/h3-11,13H,12H2,1-2H3,(H2,21,22,23). The van der Waals surface area contributed by atoms with E-state index in [4.69, 9.17) is 10.5 Å². The molecular formula is C20H20N4O2S. The van der Waals surface area contributed by atoms with Crippen molar-refractivity contribution in [2.24, 2.45) is 0 Å². The first kappa shape index (κ1) is 18.7. The summed E-state index contributed by atoms with van der Waals surface area (Å²) < 4.78 is 5.43. The van der Waals surface area contributed by atoms with Crippen LogP contribution in [0.25, 0.3) is 0 Å². The van der Waals surface area contributed by atoms with E-state index in [1.807, 2.05) is 48.5 Å². The predicted molar refractivity (Wildman–Crippen MR) is 107 cm³/mol. The van der Waals surface area contributed by atoms with E-state index in [2.05, 4.69) is 9.97 Å². The van der Waals surface area contributed by atoms with Gasteiger partial charge in [0.2, 0.25) is 6.41 Å². The Morgan fingerprint density at radius 3 is 2.56 bits per heavy atom. The Balaban J connectivity index is 1.92. The van der Waals surface area contributed by atoms with Crippen LogP contribution in [0.4, 0.5) is 11.5 Å². The smallest absolute Gasteiger partial charge is 0.214 e. The first-order valence-electron chi connectivity index (χ1n) is 8.32. The zero-order valence-corrected chi connectivity index (χ0v) is 15.9. The van der Waals surface area contributed by atoms with Crippen LogP contribution in [0.1, 0.15) is 11.4 Å². The molecule has 7 heteroatoms. The SMILES string of the molecule is COc1ccccc1Sc1ccccc1N(C=O)Cc1cnc(C)nc1N. The number of hydrogen-bond acceptors (Lipinski definition) is 6. The van der Waals surface area contributed by atoms with Crippen LogP contribution < -0.4 is 15.4 Å². The highest BCUT2D eigenvalue weighted by molar-refractivity contribution is 7.99. The summed E-state index contributed by atoms with van der Waals surface area (Å²) in [5.74, 6) is 1.76. The van der Waals surface area contributed by atoms with Gasteiger partial charge in [-0.05, 0) is 31.2 Å². The van der Waals surface area contributed by atoms with E-state index in [0.717, 1.165) is 27.6 Å². The van der Waals surface area contributed by atoms with E-state index in [1.54, 1.807) is 25.1 Å². The van der Waals surface area contributed by atoms with Gasteiger partial charge in [0.05, 0.1) is 24.2 Å². The minimum atomic E-state index is 0.291. The molecule has 2 N–H and O–H groups in total. The molecule has 27 heavy (non-hydrogen) atoms. The van der Waals surface area contributed by atoms with Crippen molar-refractivity contribution in [3.8, 4) is 5.75 Å². The van der Waals surface area contributed by atoms with E-state index in [0.29, 0.717) is 23.8 Å². The van der Waals surface area contributed by atoms with E-state index in [9.17, 15) is 4.79 Å². The van der Waals surface area contributed by atoms with Gasteiger partial charge in [0, 0.05) is 16.7 Å². The molecule has 0 aliphatic heterocycles. The van der Waals surface area contributed by atoms with Gasteiger partial charge in [0.25, 0.3) is 0 Å². The molecule has 0 atom stereocenters. The Morgan fingerprint density at radius 1 is 1.15 bits per heavy atom. The van der Waals surface area contributed by atoms with Crippen molar-refractivity contribution in [1.29, 1.82) is 0 Å². The summed E-state index contributed by atoms with van der Waals surface area (Å²) in [6.07, 6.45) is 2.45. The molecule has 0 aliphatic rings. The molecule has 0 saturated heterocycles. The first-order chi connectivity index (χ1) is 13.1. The van der Waals surface area contributed by atoms with Gasteiger partial charge >= 0.3 is 0 Å². The number of anilines is 2. The van der Waals surface area contributed by atoms with Crippen LogP contribution in [-0.2, 0) is 11.3 Å². The molecule has 1 aromatic heterocycles. The number of nitrogens with two attached hydrogens (primary N) is 1. The summed E-state index contributed by atoms with van der Waals surface area (Å²) in [6.45, 7) is 2.07. The second-order valence-electron chi connectivity index (χ2n) is 5.78. The van der Waals surface area contributed by atoms with Gasteiger partial charge in [0.15, 0.2) is 0 Å². The third kappa shape index (κ3) is 4.38. The number of nitrogen functional groups attached to an aromatic ring is 1. The number of para-hydroxylation sites is 2. The second kappa shape index (κ2) is 8.55. The summed E-state index contributed by atoms with van der Waals surface area (Å²) >= 11 is 1.54. The van der Waals surface area contributed by atoms with Crippen molar-refractivity contribution >= 4 is 29.7 Å². The molecule has 1 amide bonds. The number of rotatable bonds is 7. The van der Waals surface area contributed by atoms with Gasteiger partial charge < -0.3 is 15.4 Å². The quantitative estimate of drug-likeness (QED) is 0.630. The molecule has 0 spiro atoms. The lowest BCUT2D eigenvalue weighted by Gasteiger charge is -2.21. The van der Waals surface area contributed by atoms with Crippen molar-refractivity contribution in [2.45, 2.75) is 23.3 Å². The zero-order valence-electron chi connectivity index (χ0n) is 15.1. The molecule has 138 valence electrons. The van der Waals surface area contributed by atoms with Crippen molar-refractivity contribution in [3.05, 3.63) is 66.1 Å². The summed E-state index contributed by atoms with van der Waals surface area (Å²) in [6, 6.07) is 15.5. The third-order valence-electron chi connectivity index (χ3n) is 3.95. The van der Waals surface area contributed by atoms with Gasteiger partial charge in [-0.3, -0.25) is 4.79 Å². The molecule has 2 aromatic carbocycles. The molecule has 0 saturated carbocycles. The Morgan fingerprint density at radius 2 is 1.85 bits per heavy atom. The minimum Gasteiger partial charge on any atom is -0.496 e. The molecule has 0 fully saturated rings. The highest BCUT2D eigenvalue weighted by atomic mass is 32.2. The molecule has 3 rings (SSSR count). The number of benzene rings is 2. The average molecular weight is 380 g/mol. The lowest BCUT2D eigenvalue weighted by atomic mass is 10.2. The molecule has 0 radical (unpaired) electrons. The normalized spacial score (nSPS) is 10.4. The van der Waals surface area contributed by atoms with Crippen LogP contribution in [0.5, 0.6) is 5.75 Å². The van der Waals surface area contributed by atoms with Crippen LogP contribution in [-0.4, -0.2) is 23.5 Å². The highest BCUT2D eigenvalue weighted by Crippen LogP contribution is 2.39. The predicted octanol–water partition coefficient (Wildman–Crippen LogP) is 3.69. The van der Waals surface area contributed by atoms with Gasteiger partial charge in [-0.25, -0.2) is 9.97 Å². The van der Waals surface area contributed by atoms with Crippen LogP contribution in [0.15, 0.2) is 64.5 Å². The van der Waals surface area contributed by atoms with Gasteiger partial charge in [-0.2, -0.15) is 0 Å². The molecule has 0 unspecified atom stereocenters. The largest absolute Gasteiger partial charge is 0.496 e. The second-order valence-corrected chi connectivity index (χ2v) is 6.87. The molecule has 3 aromatic rings. The van der Waals surface area contributed by atoms with Crippen LogP contribution in [0, 0.1) is 6.92 Å². The fourth-order valence-electron chi connectivity index (χ4n) is 2.60. The van der Waals surface area contributed by atoms with Crippen molar-refractivity contribution in [3.63, 3.8) is 0 Å². The average Bonchev–Trinajstić information content (AvgIpc) is 2.68. The maximum Gasteiger partial charge on any atom is 0.214 e. The van der Waals surface area contributed by atoms with E-state index < -0.39 is 0 Å². The Bertz CT molecular complexity index is 949.